The summed E-state index contributed by atoms with van der Waals surface area (Å²) in [5, 5.41) is 5.41. The Labute approximate surface area is 308 Å². The number of imidazole rings is 1. The second-order valence-electron chi connectivity index (χ2n) is 14.4. The molecule has 0 bridgehead atoms. The highest BCUT2D eigenvalue weighted by Gasteiger charge is 2.27. The second-order valence-corrected chi connectivity index (χ2v) is 14.4. The molecule has 2 nitrogen and oxygen atoms in total. The van der Waals surface area contributed by atoms with Gasteiger partial charge in [-0.1, -0.05) is 108 Å². The van der Waals surface area contributed by atoms with Crippen LogP contribution in [-0.4, -0.2) is 72.3 Å². The van der Waals surface area contributed by atoms with Gasteiger partial charge in [0.05, 0.1) is 16.7 Å². The zero-order chi connectivity index (χ0) is 35.7. The van der Waals surface area contributed by atoms with Crippen molar-refractivity contribution in [1.82, 2.24) is 9.55 Å². The van der Waals surface area contributed by atoms with Crippen molar-refractivity contribution in [3.8, 4) is 39.1 Å². The Bertz CT molecular complexity index is 2640. The molecule has 51 heavy (non-hydrogen) atoms. The van der Waals surface area contributed by atoms with E-state index < -0.39 is 0 Å². The Hall–Kier alpha value is -4.95. The van der Waals surface area contributed by atoms with Crippen LogP contribution in [0.5, 0.6) is 0 Å². The number of para-hydroxylation sites is 3. The van der Waals surface area contributed by atoms with E-state index in [1.54, 1.807) is 0 Å². The predicted octanol–water partition coefficient (Wildman–Crippen LogP) is -3.04. The minimum atomic E-state index is 0.841. The summed E-state index contributed by atoms with van der Waals surface area (Å²) in [7, 11) is 18.6. The van der Waals surface area contributed by atoms with E-state index in [2.05, 4.69) is 177 Å². The van der Waals surface area contributed by atoms with E-state index in [0.717, 1.165) is 23.3 Å². The van der Waals surface area contributed by atoms with Crippen molar-refractivity contribution >= 4 is 139 Å². The van der Waals surface area contributed by atoms with Crippen molar-refractivity contribution in [2.75, 3.05) is 0 Å². The molecule has 0 unspecified atom stereocenters. The third kappa shape index (κ3) is 5.01. The first-order chi connectivity index (χ1) is 24.6. The van der Waals surface area contributed by atoms with Gasteiger partial charge in [-0.25, -0.2) is 4.98 Å². The van der Waals surface area contributed by atoms with E-state index in [4.69, 9.17) is 4.98 Å². The van der Waals surface area contributed by atoms with Gasteiger partial charge in [-0.3, -0.25) is 4.57 Å². The summed E-state index contributed by atoms with van der Waals surface area (Å²) in [5.74, 6) is 1.08. The SMILES string of the molecule is Bc1c(B)c(B)c2c(-c3ccccc3-n3c(CC)nc4ccccc43)c3c(B)c(B)c(B)c(B)c3c(-c3cccc(-c4ccccc4)c3)c2c1B. The van der Waals surface area contributed by atoms with Crippen LogP contribution in [0.2, 0.25) is 0 Å². The molecule has 0 aliphatic carbocycles. The van der Waals surface area contributed by atoms with E-state index >= 15 is 0 Å². The van der Waals surface area contributed by atoms with Crippen molar-refractivity contribution in [1.29, 1.82) is 0 Å². The minimum Gasteiger partial charge on any atom is -0.296 e. The lowest BCUT2D eigenvalue weighted by Crippen LogP contribution is -2.50. The van der Waals surface area contributed by atoms with Gasteiger partial charge in [0.2, 0.25) is 0 Å². The summed E-state index contributed by atoms with van der Waals surface area (Å²) in [6.45, 7) is 2.21. The zero-order valence-corrected chi connectivity index (χ0v) is 31.4. The normalized spacial score (nSPS) is 11.5. The standard InChI is InChI=1S/C41H38B8N2/c1-2-27-50-24-16-7-9-18-26(24)51(27)25-17-8-6-15-23(25)29-32-30(34(42)38(46)40(48)36(32)44)28(31-33(29)37(45)41(49)39(47)35(31)43)22-14-10-13-21(19-22)20-11-4-3-5-12-20/h3-19H,2,42-49H2,1H3. The van der Waals surface area contributed by atoms with Gasteiger partial charge in [0.15, 0.2) is 0 Å². The molecule has 0 atom stereocenters. The molecule has 0 spiro atoms. The second kappa shape index (κ2) is 12.7. The number of fused-ring (bicyclic) bond motifs is 3. The van der Waals surface area contributed by atoms with Gasteiger partial charge in [-0.2, -0.15) is 0 Å². The van der Waals surface area contributed by atoms with Crippen LogP contribution in [0.1, 0.15) is 12.7 Å². The quantitative estimate of drug-likeness (QED) is 0.144. The first-order valence-corrected chi connectivity index (χ1v) is 18.3. The van der Waals surface area contributed by atoms with Gasteiger partial charge >= 0.3 is 0 Å². The summed E-state index contributed by atoms with van der Waals surface area (Å²) in [6.07, 6.45) is 0.841. The number of hydrogen-bond acceptors (Lipinski definition) is 1. The van der Waals surface area contributed by atoms with Crippen LogP contribution in [0.4, 0.5) is 0 Å². The lowest BCUT2D eigenvalue weighted by atomic mass is 9.59. The van der Waals surface area contributed by atoms with E-state index in [-0.39, 0.29) is 0 Å². The van der Waals surface area contributed by atoms with E-state index in [0.29, 0.717) is 0 Å². The van der Waals surface area contributed by atoms with Gasteiger partial charge in [-0.15, -0.1) is 21.9 Å². The fraction of sp³-hybridized carbons (Fsp3) is 0.0488. The fourth-order valence-corrected chi connectivity index (χ4v) is 8.63. The van der Waals surface area contributed by atoms with Crippen LogP contribution >= 0.6 is 0 Å². The maximum Gasteiger partial charge on any atom is 0.139 e. The topological polar surface area (TPSA) is 17.8 Å². The van der Waals surface area contributed by atoms with Crippen LogP contribution in [0, 0.1) is 0 Å². The van der Waals surface area contributed by atoms with Crippen LogP contribution in [0.25, 0.3) is 71.6 Å². The molecule has 7 aromatic carbocycles. The zero-order valence-electron chi connectivity index (χ0n) is 31.4. The molecule has 236 valence electrons. The Balaban J connectivity index is 1.63. The van der Waals surface area contributed by atoms with E-state index in [1.165, 1.54) is 104 Å². The molecule has 0 aliphatic heterocycles. The highest BCUT2D eigenvalue weighted by Crippen LogP contribution is 2.43. The lowest BCUT2D eigenvalue weighted by molar-refractivity contribution is 0.909. The summed E-state index contributed by atoms with van der Waals surface area (Å²) < 4.78 is 2.41. The minimum absolute atomic E-state index is 0.841. The van der Waals surface area contributed by atoms with E-state index in [1.807, 2.05) is 0 Å². The maximum absolute atomic E-state index is 5.13. The maximum atomic E-state index is 5.13. The molecule has 0 saturated carbocycles. The van der Waals surface area contributed by atoms with Crippen molar-refractivity contribution in [2.45, 2.75) is 13.3 Å². The largest absolute Gasteiger partial charge is 0.296 e. The van der Waals surface area contributed by atoms with Gasteiger partial charge in [0, 0.05) is 12.0 Å². The van der Waals surface area contributed by atoms with Gasteiger partial charge in [0.25, 0.3) is 0 Å². The third-order valence-electron chi connectivity index (χ3n) is 12.0. The Morgan fingerprint density at radius 2 is 0.961 bits per heavy atom. The molecule has 10 heteroatoms. The lowest BCUT2D eigenvalue weighted by Gasteiger charge is -2.29. The first kappa shape index (κ1) is 33.2. The summed E-state index contributed by atoms with van der Waals surface area (Å²) >= 11 is 0. The van der Waals surface area contributed by atoms with Crippen LogP contribution in [0.15, 0.2) is 103 Å². The molecule has 0 aliphatic rings. The smallest absolute Gasteiger partial charge is 0.139 e. The molecular weight excluding hydrogens is 607 g/mol. The van der Waals surface area contributed by atoms with Crippen molar-refractivity contribution < 1.29 is 0 Å². The number of rotatable bonds is 5. The summed E-state index contributed by atoms with van der Waals surface area (Å²) in [5.41, 5.74) is 21.9. The molecule has 8 rings (SSSR count). The molecule has 1 heterocycles. The van der Waals surface area contributed by atoms with Crippen LogP contribution in [-0.2, 0) is 6.42 Å². The summed E-state index contributed by atoms with van der Waals surface area (Å²) in [6, 6.07) is 37.6. The summed E-state index contributed by atoms with van der Waals surface area (Å²) in [4.78, 5) is 5.13. The fourth-order valence-electron chi connectivity index (χ4n) is 8.63. The molecule has 0 N–H and O–H groups in total. The first-order valence-electron chi connectivity index (χ1n) is 18.3. The predicted molar refractivity (Wildman–Crippen MR) is 247 cm³/mol. The molecule has 1 aromatic heterocycles. The molecular formula is C41H38B8N2. The highest BCUT2D eigenvalue weighted by molar-refractivity contribution is 6.71. The van der Waals surface area contributed by atoms with Gasteiger partial charge in [0.1, 0.15) is 68.6 Å². The highest BCUT2D eigenvalue weighted by atomic mass is 15.1. The van der Waals surface area contributed by atoms with Gasteiger partial charge in [-0.05, 0) is 73.6 Å². The Kier molecular flexibility index (Phi) is 8.25. The number of nitrogens with zero attached hydrogens (tertiary/aromatic N) is 2. The van der Waals surface area contributed by atoms with Crippen molar-refractivity contribution in [3.05, 3.63) is 109 Å². The number of hydrogen-bond donors (Lipinski definition) is 0. The molecule has 0 fully saturated rings. The third-order valence-corrected chi connectivity index (χ3v) is 12.0. The van der Waals surface area contributed by atoms with Gasteiger partial charge < -0.3 is 0 Å². The number of aromatic nitrogens is 2. The monoisotopic (exact) mass is 646 g/mol. The molecule has 8 aromatic rings. The van der Waals surface area contributed by atoms with Crippen molar-refractivity contribution in [2.24, 2.45) is 0 Å². The molecule has 0 amide bonds. The Morgan fingerprint density at radius 1 is 0.471 bits per heavy atom. The van der Waals surface area contributed by atoms with Crippen molar-refractivity contribution in [3.63, 3.8) is 0 Å². The average molecular weight is 645 g/mol. The Morgan fingerprint density at radius 3 is 1.57 bits per heavy atom. The molecule has 0 saturated heterocycles. The van der Waals surface area contributed by atoms with Crippen LogP contribution < -0.4 is 43.7 Å². The average Bonchev–Trinajstić information content (AvgIpc) is 3.55. The van der Waals surface area contributed by atoms with Crippen LogP contribution in [0.3, 0.4) is 0 Å². The number of aryl methyl sites for hydroxylation is 1. The number of benzene rings is 7. The van der Waals surface area contributed by atoms with E-state index in [9.17, 15) is 0 Å². The molecule has 0 radical (unpaired) electrons.